The molecule has 2 aromatic rings. The van der Waals surface area contributed by atoms with Gasteiger partial charge in [0.2, 0.25) is 0 Å². The van der Waals surface area contributed by atoms with Crippen molar-refractivity contribution in [3.05, 3.63) is 57.6 Å². The van der Waals surface area contributed by atoms with E-state index >= 15 is 0 Å². The smallest absolute Gasteiger partial charge is 0.196 e. The maximum Gasteiger partial charge on any atom is 0.196 e. The summed E-state index contributed by atoms with van der Waals surface area (Å²) in [4.78, 5) is 25.2. The zero-order chi connectivity index (χ0) is 15.3. The van der Waals surface area contributed by atoms with Crippen molar-refractivity contribution in [3.8, 4) is 6.07 Å². The van der Waals surface area contributed by atoms with Crippen LogP contribution in [0.2, 0.25) is 0 Å². The van der Waals surface area contributed by atoms with E-state index in [4.69, 9.17) is 11.5 Å². The molecule has 0 aromatic heterocycles. The highest BCUT2D eigenvalue weighted by molar-refractivity contribution is 6.32. The first kappa shape index (κ1) is 12.9. The van der Waals surface area contributed by atoms with Gasteiger partial charge >= 0.3 is 0 Å². The normalized spacial score (nSPS) is 12.6. The molecular formula is C16H11N3O2. The molecule has 1 aliphatic rings. The molecule has 0 radical (unpaired) electrons. The number of carbonyl (C=O) groups excluding carboxylic acids is 2. The Morgan fingerprint density at radius 1 is 0.952 bits per heavy atom. The van der Waals surface area contributed by atoms with Gasteiger partial charge in [-0.05, 0) is 12.5 Å². The SMILES string of the molecule is Cc1c(N)c2c(c(N)c1C#N)C(=O)c1ccccc1C2=O. The lowest BCUT2D eigenvalue weighted by molar-refractivity contribution is 0.0980. The van der Waals surface area contributed by atoms with Crippen LogP contribution in [0.4, 0.5) is 11.4 Å². The van der Waals surface area contributed by atoms with Crippen LogP contribution in [-0.2, 0) is 0 Å². The number of ketones is 2. The number of nitriles is 1. The van der Waals surface area contributed by atoms with Crippen LogP contribution in [-0.4, -0.2) is 11.6 Å². The van der Waals surface area contributed by atoms with E-state index in [2.05, 4.69) is 0 Å². The van der Waals surface area contributed by atoms with Gasteiger partial charge in [-0.25, -0.2) is 0 Å². The minimum atomic E-state index is -0.374. The topological polar surface area (TPSA) is 110 Å². The highest BCUT2D eigenvalue weighted by Crippen LogP contribution is 2.38. The number of carbonyl (C=O) groups is 2. The van der Waals surface area contributed by atoms with Crippen molar-refractivity contribution in [3.63, 3.8) is 0 Å². The molecule has 0 aliphatic heterocycles. The zero-order valence-corrected chi connectivity index (χ0v) is 11.2. The number of benzene rings is 2. The molecule has 0 saturated heterocycles. The number of hydrogen-bond donors (Lipinski definition) is 2. The molecule has 0 amide bonds. The first-order valence-corrected chi connectivity index (χ1v) is 6.29. The van der Waals surface area contributed by atoms with Crippen LogP contribution in [0.5, 0.6) is 0 Å². The highest BCUT2D eigenvalue weighted by Gasteiger charge is 2.35. The van der Waals surface area contributed by atoms with E-state index in [-0.39, 0.29) is 45.2 Å². The number of nitrogen functional groups attached to an aromatic ring is 2. The number of anilines is 2. The van der Waals surface area contributed by atoms with Crippen LogP contribution in [0.25, 0.3) is 0 Å². The van der Waals surface area contributed by atoms with Gasteiger partial charge in [-0.2, -0.15) is 5.26 Å². The Hall–Kier alpha value is -3.13. The number of fused-ring (bicyclic) bond motifs is 2. The lowest BCUT2D eigenvalue weighted by Crippen LogP contribution is -2.25. The fraction of sp³-hybridized carbons (Fsp3) is 0.0625. The second kappa shape index (κ2) is 4.18. The Morgan fingerprint density at radius 3 is 1.90 bits per heavy atom. The van der Waals surface area contributed by atoms with Gasteiger partial charge in [0.25, 0.3) is 0 Å². The molecule has 0 unspecified atom stereocenters. The average Bonchev–Trinajstić information content (AvgIpc) is 2.49. The van der Waals surface area contributed by atoms with E-state index in [1.807, 2.05) is 6.07 Å². The van der Waals surface area contributed by atoms with E-state index in [0.29, 0.717) is 11.1 Å². The molecule has 0 bridgehead atoms. The molecule has 0 heterocycles. The summed E-state index contributed by atoms with van der Waals surface area (Å²) in [6.45, 7) is 1.61. The van der Waals surface area contributed by atoms with Gasteiger partial charge in [0.15, 0.2) is 11.6 Å². The molecule has 4 N–H and O–H groups in total. The Labute approximate surface area is 120 Å². The van der Waals surface area contributed by atoms with Gasteiger partial charge in [-0.15, -0.1) is 0 Å². The fourth-order valence-corrected chi connectivity index (χ4v) is 2.68. The van der Waals surface area contributed by atoms with Crippen LogP contribution in [0.1, 0.15) is 43.0 Å². The molecule has 0 saturated carbocycles. The van der Waals surface area contributed by atoms with Crippen molar-refractivity contribution in [1.82, 2.24) is 0 Å². The van der Waals surface area contributed by atoms with E-state index in [1.165, 1.54) is 0 Å². The number of rotatable bonds is 0. The monoisotopic (exact) mass is 277 g/mol. The zero-order valence-electron chi connectivity index (χ0n) is 11.2. The number of hydrogen-bond acceptors (Lipinski definition) is 5. The molecule has 102 valence electrons. The molecule has 21 heavy (non-hydrogen) atoms. The van der Waals surface area contributed by atoms with E-state index in [0.717, 1.165) is 0 Å². The number of nitrogens with two attached hydrogens (primary N) is 2. The fourth-order valence-electron chi connectivity index (χ4n) is 2.68. The maximum absolute atomic E-state index is 12.6. The largest absolute Gasteiger partial charge is 0.398 e. The summed E-state index contributed by atoms with van der Waals surface area (Å²) in [6.07, 6.45) is 0. The van der Waals surface area contributed by atoms with Gasteiger partial charge in [-0.3, -0.25) is 9.59 Å². The minimum Gasteiger partial charge on any atom is -0.398 e. The molecule has 5 nitrogen and oxygen atoms in total. The van der Waals surface area contributed by atoms with Crippen molar-refractivity contribution in [2.75, 3.05) is 11.5 Å². The highest BCUT2D eigenvalue weighted by atomic mass is 16.1. The van der Waals surface area contributed by atoms with Crippen LogP contribution < -0.4 is 11.5 Å². The van der Waals surface area contributed by atoms with E-state index in [9.17, 15) is 14.9 Å². The van der Waals surface area contributed by atoms with Crippen LogP contribution in [0, 0.1) is 18.3 Å². The summed E-state index contributed by atoms with van der Waals surface area (Å²) >= 11 is 0. The molecule has 3 rings (SSSR count). The third kappa shape index (κ3) is 1.50. The molecule has 0 atom stereocenters. The van der Waals surface area contributed by atoms with Crippen molar-refractivity contribution in [1.29, 1.82) is 5.26 Å². The lowest BCUT2D eigenvalue weighted by Gasteiger charge is -2.22. The lowest BCUT2D eigenvalue weighted by atomic mass is 9.80. The summed E-state index contributed by atoms with van der Waals surface area (Å²) in [5, 5.41) is 9.19. The van der Waals surface area contributed by atoms with E-state index in [1.54, 1.807) is 31.2 Å². The third-order valence-electron chi connectivity index (χ3n) is 3.82. The second-order valence-corrected chi connectivity index (χ2v) is 4.89. The summed E-state index contributed by atoms with van der Waals surface area (Å²) < 4.78 is 0. The first-order chi connectivity index (χ1) is 9.99. The summed E-state index contributed by atoms with van der Waals surface area (Å²) in [5.74, 6) is -0.710. The van der Waals surface area contributed by atoms with E-state index < -0.39 is 0 Å². The predicted molar refractivity (Wildman–Crippen MR) is 78.0 cm³/mol. The van der Waals surface area contributed by atoms with Crippen molar-refractivity contribution >= 4 is 22.9 Å². The standard InChI is InChI=1S/C16H11N3O2/c1-7-10(6-17)14(19)12-11(13(7)18)15(20)8-4-2-3-5-9(8)16(12)21/h2-5H,18-19H2,1H3. The summed E-state index contributed by atoms with van der Waals surface area (Å²) in [5.41, 5.74) is 13.4. The average molecular weight is 277 g/mol. The maximum atomic E-state index is 12.6. The van der Waals surface area contributed by atoms with Gasteiger partial charge < -0.3 is 11.5 Å². The number of nitrogens with zero attached hydrogens (tertiary/aromatic N) is 1. The second-order valence-electron chi connectivity index (χ2n) is 4.89. The van der Waals surface area contributed by atoms with Crippen LogP contribution >= 0.6 is 0 Å². The van der Waals surface area contributed by atoms with Gasteiger partial charge in [0, 0.05) is 16.8 Å². The predicted octanol–water partition coefficient (Wildman–Crippen LogP) is 1.81. The Bertz CT molecular complexity index is 876. The first-order valence-electron chi connectivity index (χ1n) is 6.29. The Morgan fingerprint density at radius 2 is 1.43 bits per heavy atom. The minimum absolute atomic E-state index is 0.0204. The molecule has 2 aromatic carbocycles. The van der Waals surface area contributed by atoms with Gasteiger partial charge in [0.1, 0.15) is 6.07 Å². The molecule has 0 fully saturated rings. The Balaban J connectivity index is 2.47. The third-order valence-corrected chi connectivity index (χ3v) is 3.82. The summed E-state index contributed by atoms with van der Waals surface area (Å²) in [7, 11) is 0. The van der Waals surface area contributed by atoms with Crippen molar-refractivity contribution in [2.45, 2.75) is 6.92 Å². The summed E-state index contributed by atoms with van der Waals surface area (Å²) in [6, 6.07) is 8.46. The van der Waals surface area contributed by atoms with Crippen molar-refractivity contribution in [2.24, 2.45) is 0 Å². The quantitative estimate of drug-likeness (QED) is 0.609. The van der Waals surface area contributed by atoms with Crippen molar-refractivity contribution < 1.29 is 9.59 Å². The van der Waals surface area contributed by atoms with Crippen LogP contribution in [0.3, 0.4) is 0 Å². The van der Waals surface area contributed by atoms with Gasteiger partial charge in [-0.1, -0.05) is 24.3 Å². The van der Waals surface area contributed by atoms with Gasteiger partial charge in [0.05, 0.1) is 22.4 Å². The Kier molecular flexibility index (Phi) is 2.57. The molecular weight excluding hydrogens is 266 g/mol. The van der Waals surface area contributed by atoms with Crippen LogP contribution in [0.15, 0.2) is 24.3 Å². The molecule has 1 aliphatic carbocycles. The molecule has 0 spiro atoms. The molecule has 5 heteroatoms.